The summed E-state index contributed by atoms with van der Waals surface area (Å²) in [6.45, 7) is 1.88. The number of pyridine rings is 1. The summed E-state index contributed by atoms with van der Waals surface area (Å²) in [5.74, 6) is 2.06. The number of hydrogen-bond donors (Lipinski definition) is 3. The first kappa shape index (κ1) is 18.6. The molecule has 0 aromatic carbocycles. The van der Waals surface area contributed by atoms with Crippen LogP contribution in [0.25, 0.3) is 11.3 Å². The molecule has 0 bridgehead atoms. The molecule has 0 amide bonds. The van der Waals surface area contributed by atoms with E-state index in [2.05, 4.69) is 30.5 Å². The van der Waals surface area contributed by atoms with Gasteiger partial charge in [0, 0.05) is 23.9 Å². The molecule has 1 fully saturated rings. The smallest absolute Gasteiger partial charge is 0.226 e. The van der Waals surface area contributed by atoms with Crippen LogP contribution in [0.2, 0.25) is 0 Å². The lowest BCUT2D eigenvalue weighted by molar-refractivity contribution is 0.0934. The molecular formula is C19H20N8O2. The summed E-state index contributed by atoms with van der Waals surface area (Å²) >= 11 is 0. The van der Waals surface area contributed by atoms with E-state index in [4.69, 9.17) is 20.5 Å². The highest BCUT2D eigenvalue weighted by molar-refractivity contribution is 5.75. The number of nitriles is 1. The first-order valence-corrected chi connectivity index (χ1v) is 9.10. The highest BCUT2D eigenvalue weighted by Crippen LogP contribution is 2.39. The molecule has 0 aliphatic heterocycles. The number of rotatable bonds is 6. The summed E-state index contributed by atoms with van der Waals surface area (Å²) in [5.41, 5.74) is 8.40. The number of ether oxygens (including phenoxy) is 2. The van der Waals surface area contributed by atoms with Gasteiger partial charge in [-0.3, -0.25) is 5.10 Å². The molecule has 4 rings (SSSR count). The Morgan fingerprint density at radius 2 is 2.10 bits per heavy atom. The maximum absolute atomic E-state index is 8.82. The van der Waals surface area contributed by atoms with Gasteiger partial charge in [0.25, 0.3) is 0 Å². The SMILES string of the molecule is COc1nc(C)cc(O[C@H]2CC[C@@H]2N)c1-c1cc(Nc2cnc(C#N)cn2)n[nH]1. The minimum Gasteiger partial charge on any atom is -0.488 e. The van der Waals surface area contributed by atoms with E-state index < -0.39 is 0 Å². The normalized spacial score (nSPS) is 17.9. The van der Waals surface area contributed by atoms with Crippen molar-refractivity contribution in [3.63, 3.8) is 0 Å². The Morgan fingerprint density at radius 3 is 2.72 bits per heavy atom. The first-order valence-electron chi connectivity index (χ1n) is 9.10. The van der Waals surface area contributed by atoms with Crippen molar-refractivity contribution in [1.82, 2.24) is 25.1 Å². The van der Waals surface area contributed by atoms with Gasteiger partial charge in [-0.05, 0) is 19.8 Å². The molecule has 10 nitrogen and oxygen atoms in total. The van der Waals surface area contributed by atoms with Gasteiger partial charge >= 0.3 is 0 Å². The van der Waals surface area contributed by atoms with Gasteiger partial charge in [-0.2, -0.15) is 10.4 Å². The van der Waals surface area contributed by atoms with E-state index in [1.807, 2.05) is 19.1 Å². The number of aromatic nitrogens is 5. The fourth-order valence-electron chi connectivity index (χ4n) is 3.00. The van der Waals surface area contributed by atoms with E-state index >= 15 is 0 Å². The molecular weight excluding hydrogens is 372 g/mol. The molecule has 1 aliphatic carbocycles. The lowest BCUT2D eigenvalue weighted by atomic mass is 9.90. The number of hydrogen-bond acceptors (Lipinski definition) is 9. The van der Waals surface area contributed by atoms with Gasteiger partial charge in [-0.25, -0.2) is 15.0 Å². The van der Waals surface area contributed by atoms with Crippen LogP contribution >= 0.6 is 0 Å². The summed E-state index contributed by atoms with van der Waals surface area (Å²) in [5, 5.41) is 19.1. The van der Waals surface area contributed by atoms with Crippen LogP contribution in [0.5, 0.6) is 11.6 Å². The third-order valence-electron chi connectivity index (χ3n) is 4.68. The first-order chi connectivity index (χ1) is 14.1. The standard InChI is InChI=1S/C19H20N8O2/c1-10-5-15(29-14-4-3-12(14)21)18(19(24-10)28-2)13-6-16(27-26-13)25-17-9-22-11(7-20)8-23-17/h5-6,8-9,12,14H,3-4,21H2,1-2H3,(H2,23,25,26,27)/t12-,14-/m0/s1. The number of anilines is 2. The molecule has 1 saturated carbocycles. The molecule has 0 radical (unpaired) electrons. The van der Waals surface area contributed by atoms with E-state index in [0.717, 1.165) is 18.5 Å². The van der Waals surface area contributed by atoms with E-state index in [1.54, 1.807) is 13.2 Å². The molecule has 0 spiro atoms. The van der Waals surface area contributed by atoms with E-state index in [-0.39, 0.29) is 17.8 Å². The van der Waals surface area contributed by atoms with E-state index in [1.165, 1.54) is 12.4 Å². The third kappa shape index (κ3) is 3.81. The molecule has 10 heteroatoms. The van der Waals surface area contributed by atoms with Crippen LogP contribution in [0.1, 0.15) is 24.2 Å². The minimum atomic E-state index is -0.0327. The maximum Gasteiger partial charge on any atom is 0.226 e. The number of nitrogens with two attached hydrogens (primary N) is 1. The molecule has 1 aliphatic rings. The molecule has 0 saturated heterocycles. The summed E-state index contributed by atoms with van der Waals surface area (Å²) in [7, 11) is 1.56. The van der Waals surface area contributed by atoms with Crippen molar-refractivity contribution in [3.8, 4) is 29.0 Å². The number of methoxy groups -OCH3 is 1. The van der Waals surface area contributed by atoms with Crippen LogP contribution in [0, 0.1) is 18.3 Å². The second-order valence-corrected chi connectivity index (χ2v) is 6.73. The molecule has 3 aromatic heterocycles. The van der Waals surface area contributed by atoms with Gasteiger partial charge in [-0.1, -0.05) is 0 Å². The van der Waals surface area contributed by atoms with Gasteiger partial charge in [0.1, 0.15) is 29.3 Å². The van der Waals surface area contributed by atoms with Crippen LogP contribution in [0.15, 0.2) is 24.5 Å². The fraction of sp³-hybridized carbons (Fsp3) is 0.316. The fourth-order valence-corrected chi connectivity index (χ4v) is 3.00. The zero-order valence-electron chi connectivity index (χ0n) is 16.0. The molecule has 0 unspecified atom stereocenters. The van der Waals surface area contributed by atoms with Gasteiger partial charge in [-0.15, -0.1) is 0 Å². The van der Waals surface area contributed by atoms with Crippen LogP contribution in [-0.4, -0.2) is 44.4 Å². The Hall–Kier alpha value is -3.71. The molecule has 3 heterocycles. The zero-order chi connectivity index (χ0) is 20.4. The Bertz CT molecular complexity index is 1060. The van der Waals surface area contributed by atoms with E-state index in [9.17, 15) is 0 Å². The van der Waals surface area contributed by atoms with Gasteiger partial charge in [0.05, 0.1) is 25.2 Å². The van der Waals surface area contributed by atoms with Crippen LogP contribution < -0.4 is 20.5 Å². The number of aromatic amines is 1. The van der Waals surface area contributed by atoms with Crippen molar-refractivity contribution in [2.24, 2.45) is 5.73 Å². The molecule has 3 aromatic rings. The van der Waals surface area contributed by atoms with Crippen molar-refractivity contribution in [2.75, 3.05) is 12.4 Å². The topological polar surface area (TPSA) is 148 Å². The Labute approximate surface area is 167 Å². The lowest BCUT2D eigenvalue weighted by Gasteiger charge is -2.34. The predicted octanol–water partition coefficient (Wildman–Crippen LogP) is 2.06. The Kier molecular flexibility index (Phi) is 4.97. The Morgan fingerprint density at radius 1 is 1.24 bits per heavy atom. The average Bonchev–Trinajstić information content (AvgIpc) is 3.18. The lowest BCUT2D eigenvalue weighted by Crippen LogP contribution is -2.47. The van der Waals surface area contributed by atoms with Crippen molar-refractivity contribution in [1.29, 1.82) is 5.26 Å². The van der Waals surface area contributed by atoms with Crippen molar-refractivity contribution >= 4 is 11.6 Å². The molecule has 2 atom stereocenters. The van der Waals surface area contributed by atoms with Gasteiger partial charge in [0.15, 0.2) is 11.5 Å². The minimum absolute atomic E-state index is 0.0243. The second kappa shape index (κ2) is 7.73. The zero-order valence-corrected chi connectivity index (χ0v) is 16.0. The monoisotopic (exact) mass is 392 g/mol. The summed E-state index contributed by atoms with van der Waals surface area (Å²) in [6.07, 6.45) is 4.68. The Balaban J connectivity index is 1.64. The van der Waals surface area contributed by atoms with Gasteiger partial charge < -0.3 is 20.5 Å². The van der Waals surface area contributed by atoms with Crippen molar-refractivity contribution in [3.05, 3.63) is 35.9 Å². The molecule has 148 valence electrons. The highest BCUT2D eigenvalue weighted by Gasteiger charge is 2.31. The summed E-state index contributed by atoms with van der Waals surface area (Å²) < 4.78 is 11.6. The largest absolute Gasteiger partial charge is 0.488 e. The van der Waals surface area contributed by atoms with Crippen LogP contribution in [0.4, 0.5) is 11.6 Å². The third-order valence-corrected chi connectivity index (χ3v) is 4.68. The van der Waals surface area contributed by atoms with Crippen LogP contribution in [0.3, 0.4) is 0 Å². The number of aryl methyl sites for hydroxylation is 1. The number of nitrogens with one attached hydrogen (secondary N) is 2. The predicted molar refractivity (Wildman–Crippen MR) is 105 cm³/mol. The second-order valence-electron chi connectivity index (χ2n) is 6.73. The molecule has 4 N–H and O–H groups in total. The van der Waals surface area contributed by atoms with E-state index in [0.29, 0.717) is 34.5 Å². The summed E-state index contributed by atoms with van der Waals surface area (Å²) in [6, 6.07) is 5.61. The van der Waals surface area contributed by atoms with Crippen molar-refractivity contribution < 1.29 is 9.47 Å². The quantitative estimate of drug-likeness (QED) is 0.573. The maximum atomic E-state index is 8.82. The summed E-state index contributed by atoms with van der Waals surface area (Å²) in [4.78, 5) is 12.6. The average molecular weight is 392 g/mol. The van der Waals surface area contributed by atoms with Crippen molar-refractivity contribution in [2.45, 2.75) is 31.9 Å². The number of H-pyrrole nitrogens is 1. The number of nitrogens with zero attached hydrogens (tertiary/aromatic N) is 5. The molecule has 29 heavy (non-hydrogen) atoms. The van der Waals surface area contributed by atoms with Gasteiger partial charge in [0.2, 0.25) is 5.88 Å². The highest BCUT2D eigenvalue weighted by atomic mass is 16.5. The van der Waals surface area contributed by atoms with Crippen LogP contribution in [-0.2, 0) is 0 Å².